The zero-order valence-electron chi connectivity index (χ0n) is 6.25. The molecular weight excluding hydrogens is 134 g/mol. The summed E-state index contributed by atoms with van der Waals surface area (Å²) in [4.78, 5) is 0. The summed E-state index contributed by atoms with van der Waals surface area (Å²) >= 11 is 0. The molecule has 11 heavy (non-hydrogen) atoms. The molecule has 1 aromatic rings. The summed E-state index contributed by atoms with van der Waals surface area (Å²) in [6, 6.07) is 10.0. The molecule has 0 atom stereocenters. The van der Waals surface area contributed by atoms with Crippen molar-refractivity contribution in [3.05, 3.63) is 35.4 Å². The average molecular weight is 143 g/mol. The second kappa shape index (κ2) is 2.39. The number of benzene rings is 1. The van der Waals surface area contributed by atoms with Crippen LogP contribution >= 0.6 is 0 Å². The SMILES string of the molecule is N#Cc1ccc(C2CC2)cc1. The quantitative estimate of drug-likeness (QED) is 0.592. The van der Waals surface area contributed by atoms with Gasteiger partial charge in [-0.25, -0.2) is 0 Å². The Morgan fingerprint density at radius 2 is 1.82 bits per heavy atom. The lowest BCUT2D eigenvalue weighted by Gasteiger charge is -1.95. The molecule has 0 aromatic heterocycles. The number of rotatable bonds is 1. The van der Waals surface area contributed by atoms with Crippen LogP contribution in [-0.2, 0) is 0 Å². The highest BCUT2D eigenvalue weighted by atomic mass is 14.3. The Kier molecular flexibility index (Phi) is 1.40. The van der Waals surface area contributed by atoms with Crippen molar-refractivity contribution in [2.24, 2.45) is 0 Å². The van der Waals surface area contributed by atoms with E-state index in [1.807, 2.05) is 12.1 Å². The summed E-state index contributed by atoms with van der Waals surface area (Å²) < 4.78 is 0. The van der Waals surface area contributed by atoms with E-state index in [1.165, 1.54) is 18.4 Å². The highest BCUT2D eigenvalue weighted by Crippen LogP contribution is 2.39. The van der Waals surface area contributed by atoms with E-state index in [0.29, 0.717) is 0 Å². The van der Waals surface area contributed by atoms with E-state index >= 15 is 0 Å². The first kappa shape index (κ1) is 6.42. The van der Waals surface area contributed by atoms with Crippen molar-refractivity contribution in [3.63, 3.8) is 0 Å². The fraction of sp³-hybridized carbons (Fsp3) is 0.300. The molecule has 1 fully saturated rings. The predicted octanol–water partition coefficient (Wildman–Crippen LogP) is 2.44. The molecule has 0 radical (unpaired) electrons. The summed E-state index contributed by atoms with van der Waals surface area (Å²) in [6.07, 6.45) is 2.65. The second-order valence-electron chi connectivity index (χ2n) is 3.01. The molecule has 54 valence electrons. The van der Waals surface area contributed by atoms with E-state index in [2.05, 4.69) is 18.2 Å². The summed E-state index contributed by atoms with van der Waals surface area (Å²) in [6.45, 7) is 0. The van der Waals surface area contributed by atoms with Gasteiger partial charge in [0, 0.05) is 0 Å². The Labute approximate surface area is 66.3 Å². The summed E-state index contributed by atoms with van der Waals surface area (Å²) in [5.74, 6) is 0.794. The zero-order valence-corrected chi connectivity index (χ0v) is 6.25. The van der Waals surface area contributed by atoms with Crippen molar-refractivity contribution in [2.45, 2.75) is 18.8 Å². The first-order valence-electron chi connectivity index (χ1n) is 3.90. The van der Waals surface area contributed by atoms with Gasteiger partial charge in [0.2, 0.25) is 0 Å². The van der Waals surface area contributed by atoms with E-state index in [-0.39, 0.29) is 0 Å². The van der Waals surface area contributed by atoms with Gasteiger partial charge >= 0.3 is 0 Å². The third-order valence-corrected chi connectivity index (χ3v) is 2.09. The molecule has 0 bridgehead atoms. The van der Waals surface area contributed by atoms with Crippen LogP contribution in [0.15, 0.2) is 24.3 Å². The summed E-state index contributed by atoms with van der Waals surface area (Å²) in [5, 5.41) is 8.53. The Hall–Kier alpha value is -1.29. The fourth-order valence-electron chi connectivity index (χ4n) is 1.25. The third-order valence-electron chi connectivity index (χ3n) is 2.09. The van der Waals surface area contributed by atoms with Crippen LogP contribution in [0.25, 0.3) is 0 Å². The predicted molar refractivity (Wildman–Crippen MR) is 43.1 cm³/mol. The van der Waals surface area contributed by atoms with Crippen LogP contribution in [-0.4, -0.2) is 0 Å². The molecule has 1 aliphatic carbocycles. The van der Waals surface area contributed by atoms with E-state index in [4.69, 9.17) is 5.26 Å². The molecule has 0 heterocycles. The summed E-state index contributed by atoms with van der Waals surface area (Å²) in [7, 11) is 0. The molecule has 0 aliphatic heterocycles. The van der Waals surface area contributed by atoms with Gasteiger partial charge in [-0.1, -0.05) is 12.1 Å². The van der Waals surface area contributed by atoms with Crippen LogP contribution in [0.5, 0.6) is 0 Å². The van der Waals surface area contributed by atoms with E-state index in [1.54, 1.807) is 0 Å². The molecular formula is C10H9N. The fourth-order valence-corrected chi connectivity index (χ4v) is 1.25. The third kappa shape index (κ3) is 1.25. The maximum absolute atomic E-state index is 8.53. The minimum Gasteiger partial charge on any atom is -0.192 e. The molecule has 1 heteroatoms. The Morgan fingerprint density at radius 1 is 1.18 bits per heavy atom. The molecule has 2 rings (SSSR count). The Morgan fingerprint density at radius 3 is 2.27 bits per heavy atom. The molecule has 1 aliphatic rings. The van der Waals surface area contributed by atoms with Gasteiger partial charge in [-0.3, -0.25) is 0 Å². The van der Waals surface area contributed by atoms with Crippen molar-refractivity contribution in [2.75, 3.05) is 0 Å². The second-order valence-corrected chi connectivity index (χ2v) is 3.01. The van der Waals surface area contributed by atoms with Gasteiger partial charge in [0.05, 0.1) is 11.6 Å². The minimum atomic E-state index is 0.759. The first-order chi connectivity index (χ1) is 5.40. The standard InChI is InChI=1S/C10H9N/c11-7-8-1-3-9(4-2-8)10-5-6-10/h1-4,10H,5-6H2. The number of hydrogen-bond acceptors (Lipinski definition) is 1. The van der Waals surface area contributed by atoms with E-state index < -0.39 is 0 Å². The summed E-state index contributed by atoms with van der Waals surface area (Å²) in [5.41, 5.74) is 2.15. The molecule has 1 nitrogen and oxygen atoms in total. The first-order valence-corrected chi connectivity index (χ1v) is 3.90. The van der Waals surface area contributed by atoms with Crippen molar-refractivity contribution in [3.8, 4) is 6.07 Å². The normalized spacial score (nSPS) is 15.9. The van der Waals surface area contributed by atoms with Gasteiger partial charge in [0.15, 0.2) is 0 Å². The largest absolute Gasteiger partial charge is 0.192 e. The van der Waals surface area contributed by atoms with Crippen molar-refractivity contribution in [1.29, 1.82) is 5.26 Å². The van der Waals surface area contributed by atoms with E-state index in [0.717, 1.165) is 11.5 Å². The number of nitrogens with zero attached hydrogens (tertiary/aromatic N) is 1. The van der Waals surface area contributed by atoms with Crippen LogP contribution in [0.4, 0.5) is 0 Å². The molecule has 0 amide bonds. The maximum atomic E-state index is 8.53. The van der Waals surface area contributed by atoms with Crippen LogP contribution < -0.4 is 0 Å². The van der Waals surface area contributed by atoms with Crippen molar-refractivity contribution < 1.29 is 0 Å². The lowest BCUT2D eigenvalue weighted by atomic mass is 10.1. The van der Waals surface area contributed by atoms with Gasteiger partial charge in [-0.05, 0) is 36.5 Å². The lowest BCUT2D eigenvalue weighted by molar-refractivity contribution is 1.13. The molecule has 0 unspecified atom stereocenters. The number of hydrogen-bond donors (Lipinski definition) is 0. The van der Waals surface area contributed by atoms with Crippen LogP contribution in [0.3, 0.4) is 0 Å². The van der Waals surface area contributed by atoms with Crippen LogP contribution in [0.1, 0.15) is 29.9 Å². The maximum Gasteiger partial charge on any atom is 0.0991 e. The van der Waals surface area contributed by atoms with Crippen LogP contribution in [0, 0.1) is 11.3 Å². The average Bonchev–Trinajstić information content (AvgIpc) is 2.87. The Balaban J connectivity index is 2.27. The van der Waals surface area contributed by atoms with Gasteiger partial charge in [0.25, 0.3) is 0 Å². The van der Waals surface area contributed by atoms with Crippen LogP contribution in [0.2, 0.25) is 0 Å². The van der Waals surface area contributed by atoms with Crippen molar-refractivity contribution in [1.82, 2.24) is 0 Å². The van der Waals surface area contributed by atoms with Gasteiger partial charge in [0.1, 0.15) is 0 Å². The highest BCUT2D eigenvalue weighted by molar-refractivity contribution is 5.34. The zero-order chi connectivity index (χ0) is 7.68. The number of nitriles is 1. The van der Waals surface area contributed by atoms with Gasteiger partial charge < -0.3 is 0 Å². The van der Waals surface area contributed by atoms with Crippen molar-refractivity contribution >= 4 is 0 Å². The minimum absolute atomic E-state index is 0.759. The lowest BCUT2D eigenvalue weighted by Crippen LogP contribution is -1.78. The molecule has 0 saturated heterocycles. The molecule has 1 aromatic carbocycles. The highest BCUT2D eigenvalue weighted by Gasteiger charge is 2.22. The molecule has 0 spiro atoms. The Bertz CT molecular complexity index is 288. The van der Waals surface area contributed by atoms with Gasteiger partial charge in [-0.15, -0.1) is 0 Å². The van der Waals surface area contributed by atoms with E-state index in [9.17, 15) is 0 Å². The molecule has 0 N–H and O–H groups in total. The molecule has 1 saturated carbocycles. The smallest absolute Gasteiger partial charge is 0.0991 e. The topological polar surface area (TPSA) is 23.8 Å². The monoisotopic (exact) mass is 143 g/mol. The van der Waals surface area contributed by atoms with Gasteiger partial charge in [-0.2, -0.15) is 5.26 Å².